The van der Waals surface area contributed by atoms with Gasteiger partial charge in [0.2, 0.25) is 0 Å². The van der Waals surface area contributed by atoms with Gasteiger partial charge in [0.05, 0.1) is 0 Å². The van der Waals surface area contributed by atoms with E-state index in [2.05, 4.69) is 49.4 Å². The molecule has 0 unspecified atom stereocenters. The van der Waals surface area contributed by atoms with Gasteiger partial charge in [-0.3, -0.25) is 9.69 Å². The lowest BCUT2D eigenvalue weighted by atomic mass is 10.1. The summed E-state index contributed by atoms with van der Waals surface area (Å²) < 4.78 is 1.51. The van der Waals surface area contributed by atoms with Crippen molar-refractivity contribution in [2.75, 3.05) is 32.7 Å². The molecule has 0 saturated carbocycles. The molecule has 0 bridgehead atoms. The SMILES string of the molecule is O=C(c1ccc(-n2cncn2)nn1)N1CCN(CCc2ccccc2)CC1. The van der Waals surface area contributed by atoms with Crippen molar-refractivity contribution in [3.8, 4) is 5.82 Å². The Kier molecular flexibility index (Phi) is 5.15. The number of carbonyl (C=O) groups excluding carboxylic acids is 1. The van der Waals surface area contributed by atoms with Crippen LogP contribution in [0.1, 0.15) is 16.1 Å². The molecule has 1 fully saturated rings. The van der Waals surface area contributed by atoms with Crippen LogP contribution >= 0.6 is 0 Å². The first-order valence-corrected chi connectivity index (χ1v) is 9.04. The molecule has 1 aliphatic heterocycles. The zero-order valence-corrected chi connectivity index (χ0v) is 15.0. The molecule has 1 aliphatic rings. The van der Waals surface area contributed by atoms with E-state index in [4.69, 9.17) is 0 Å². The molecule has 0 radical (unpaired) electrons. The molecule has 2 aromatic heterocycles. The van der Waals surface area contributed by atoms with Gasteiger partial charge < -0.3 is 4.90 Å². The highest BCUT2D eigenvalue weighted by Crippen LogP contribution is 2.09. The van der Waals surface area contributed by atoms with E-state index in [1.54, 1.807) is 18.5 Å². The van der Waals surface area contributed by atoms with E-state index in [1.165, 1.54) is 16.6 Å². The van der Waals surface area contributed by atoms with Crippen LogP contribution in [0.5, 0.6) is 0 Å². The summed E-state index contributed by atoms with van der Waals surface area (Å²) in [5, 5.41) is 12.1. The van der Waals surface area contributed by atoms with Gasteiger partial charge in [-0.25, -0.2) is 9.67 Å². The van der Waals surface area contributed by atoms with Crippen molar-refractivity contribution < 1.29 is 4.79 Å². The molecule has 0 spiro atoms. The molecule has 27 heavy (non-hydrogen) atoms. The van der Waals surface area contributed by atoms with E-state index in [0.29, 0.717) is 24.6 Å². The van der Waals surface area contributed by atoms with Crippen LogP contribution in [-0.2, 0) is 6.42 Å². The number of benzene rings is 1. The van der Waals surface area contributed by atoms with Crippen LogP contribution in [0.15, 0.2) is 55.1 Å². The Hall–Kier alpha value is -3.13. The van der Waals surface area contributed by atoms with Crippen LogP contribution in [0.4, 0.5) is 0 Å². The second-order valence-corrected chi connectivity index (χ2v) is 6.49. The number of piperazine rings is 1. The summed E-state index contributed by atoms with van der Waals surface area (Å²) in [6.45, 7) is 4.19. The quantitative estimate of drug-likeness (QED) is 0.674. The Morgan fingerprint density at radius 2 is 1.78 bits per heavy atom. The average molecular weight is 363 g/mol. The standard InChI is InChI=1S/C19H21N7O/c27-19(17-6-7-18(23-22-17)26-15-20-14-21-26)25-12-10-24(11-13-25)9-8-16-4-2-1-3-5-16/h1-7,14-15H,8-13H2. The molecule has 0 atom stereocenters. The van der Waals surface area contributed by atoms with Crippen molar-refractivity contribution >= 4 is 5.91 Å². The fraction of sp³-hybridized carbons (Fsp3) is 0.316. The third-order valence-electron chi connectivity index (χ3n) is 4.74. The summed E-state index contributed by atoms with van der Waals surface area (Å²) in [5.74, 6) is 0.463. The van der Waals surface area contributed by atoms with Crippen molar-refractivity contribution in [1.82, 2.24) is 34.8 Å². The lowest BCUT2D eigenvalue weighted by molar-refractivity contribution is 0.0631. The molecule has 8 nitrogen and oxygen atoms in total. The van der Waals surface area contributed by atoms with Gasteiger partial charge in [0.25, 0.3) is 5.91 Å². The fourth-order valence-corrected chi connectivity index (χ4v) is 3.16. The topological polar surface area (TPSA) is 80.0 Å². The average Bonchev–Trinajstić information content (AvgIpc) is 3.28. The van der Waals surface area contributed by atoms with Crippen molar-refractivity contribution in [2.24, 2.45) is 0 Å². The molecule has 1 aromatic carbocycles. The Labute approximate surface area is 157 Å². The molecule has 3 heterocycles. The smallest absolute Gasteiger partial charge is 0.274 e. The van der Waals surface area contributed by atoms with Crippen LogP contribution in [-0.4, -0.2) is 73.4 Å². The maximum Gasteiger partial charge on any atom is 0.274 e. The summed E-state index contributed by atoms with van der Waals surface area (Å²) in [6.07, 6.45) is 4.00. The molecule has 0 aliphatic carbocycles. The largest absolute Gasteiger partial charge is 0.335 e. The zero-order chi connectivity index (χ0) is 18.5. The Morgan fingerprint density at radius 1 is 0.963 bits per heavy atom. The molecule has 4 rings (SSSR count). The highest BCUT2D eigenvalue weighted by molar-refractivity contribution is 5.92. The number of nitrogens with zero attached hydrogens (tertiary/aromatic N) is 7. The van der Waals surface area contributed by atoms with Crippen molar-refractivity contribution in [3.63, 3.8) is 0 Å². The third-order valence-corrected chi connectivity index (χ3v) is 4.74. The number of amides is 1. The minimum atomic E-state index is -0.0738. The predicted molar refractivity (Wildman–Crippen MR) is 99.4 cm³/mol. The molecule has 0 N–H and O–H groups in total. The van der Waals surface area contributed by atoms with Gasteiger partial charge in [-0.1, -0.05) is 30.3 Å². The summed E-state index contributed by atoms with van der Waals surface area (Å²) in [5.41, 5.74) is 1.70. The summed E-state index contributed by atoms with van der Waals surface area (Å²) in [4.78, 5) is 20.8. The fourth-order valence-electron chi connectivity index (χ4n) is 3.16. The number of carbonyl (C=O) groups is 1. The van der Waals surface area contributed by atoms with Crippen molar-refractivity contribution in [1.29, 1.82) is 0 Å². The maximum atomic E-state index is 12.7. The number of hydrogen-bond donors (Lipinski definition) is 0. The first-order valence-electron chi connectivity index (χ1n) is 9.04. The van der Waals surface area contributed by atoms with Gasteiger partial charge in [0, 0.05) is 32.7 Å². The molecule has 138 valence electrons. The van der Waals surface area contributed by atoms with Gasteiger partial charge in [0.1, 0.15) is 12.7 Å². The minimum Gasteiger partial charge on any atom is -0.335 e. The Balaban J connectivity index is 1.29. The van der Waals surface area contributed by atoms with E-state index < -0.39 is 0 Å². The lowest BCUT2D eigenvalue weighted by Crippen LogP contribution is -2.49. The molecular weight excluding hydrogens is 342 g/mol. The van der Waals surface area contributed by atoms with E-state index in [-0.39, 0.29) is 5.91 Å². The van der Waals surface area contributed by atoms with Gasteiger partial charge in [-0.2, -0.15) is 5.10 Å². The number of aromatic nitrogens is 5. The molecule has 3 aromatic rings. The van der Waals surface area contributed by atoms with E-state index in [1.807, 2.05) is 11.0 Å². The molecular formula is C19H21N7O. The Morgan fingerprint density at radius 3 is 2.44 bits per heavy atom. The number of rotatable bonds is 5. The molecule has 1 amide bonds. The van der Waals surface area contributed by atoms with E-state index in [0.717, 1.165) is 26.1 Å². The first kappa shape index (κ1) is 17.3. The van der Waals surface area contributed by atoms with Gasteiger partial charge in [-0.15, -0.1) is 10.2 Å². The van der Waals surface area contributed by atoms with E-state index in [9.17, 15) is 4.79 Å². The highest BCUT2D eigenvalue weighted by Gasteiger charge is 2.23. The number of hydrogen-bond acceptors (Lipinski definition) is 6. The van der Waals surface area contributed by atoms with Crippen LogP contribution in [0.3, 0.4) is 0 Å². The van der Waals surface area contributed by atoms with Gasteiger partial charge >= 0.3 is 0 Å². The van der Waals surface area contributed by atoms with E-state index >= 15 is 0 Å². The summed E-state index contributed by atoms with van der Waals surface area (Å²) in [6, 6.07) is 13.9. The van der Waals surface area contributed by atoms with Crippen LogP contribution in [0.2, 0.25) is 0 Å². The van der Waals surface area contributed by atoms with Crippen LogP contribution in [0.25, 0.3) is 5.82 Å². The third kappa shape index (κ3) is 4.17. The first-order chi connectivity index (χ1) is 13.3. The molecule has 8 heteroatoms. The van der Waals surface area contributed by atoms with Crippen LogP contribution < -0.4 is 0 Å². The predicted octanol–water partition coefficient (Wildman–Crippen LogP) is 1.06. The second-order valence-electron chi connectivity index (χ2n) is 6.49. The Bertz CT molecular complexity index is 857. The normalized spacial score (nSPS) is 15.0. The van der Waals surface area contributed by atoms with Crippen LogP contribution in [0, 0.1) is 0 Å². The van der Waals surface area contributed by atoms with Gasteiger partial charge in [-0.05, 0) is 24.1 Å². The second kappa shape index (κ2) is 8.05. The monoisotopic (exact) mass is 363 g/mol. The molecule has 1 saturated heterocycles. The highest BCUT2D eigenvalue weighted by atomic mass is 16.2. The minimum absolute atomic E-state index is 0.0738. The van der Waals surface area contributed by atoms with Crippen molar-refractivity contribution in [3.05, 3.63) is 66.4 Å². The van der Waals surface area contributed by atoms with Gasteiger partial charge in [0.15, 0.2) is 11.5 Å². The zero-order valence-electron chi connectivity index (χ0n) is 15.0. The summed E-state index contributed by atoms with van der Waals surface area (Å²) in [7, 11) is 0. The lowest BCUT2D eigenvalue weighted by Gasteiger charge is -2.34. The maximum absolute atomic E-state index is 12.7. The summed E-state index contributed by atoms with van der Waals surface area (Å²) >= 11 is 0. The van der Waals surface area contributed by atoms with Crippen molar-refractivity contribution in [2.45, 2.75) is 6.42 Å².